The van der Waals surface area contributed by atoms with Crippen molar-refractivity contribution in [3.63, 3.8) is 0 Å². The van der Waals surface area contributed by atoms with E-state index in [1.165, 1.54) is 16.8 Å². The molecule has 0 amide bonds. The zero-order valence-corrected chi connectivity index (χ0v) is 10.9. The van der Waals surface area contributed by atoms with E-state index in [4.69, 9.17) is 10.5 Å². The Morgan fingerprint density at radius 2 is 2.00 bits per heavy atom. The molecule has 110 valence electrons. The number of aromatic nitrogens is 1. The highest BCUT2D eigenvalue weighted by molar-refractivity contribution is 5.90. The Morgan fingerprint density at radius 1 is 1.24 bits per heavy atom. The molecule has 0 fully saturated rings. The summed E-state index contributed by atoms with van der Waals surface area (Å²) in [4.78, 5) is 23.1. The van der Waals surface area contributed by atoms with Gasteiger partial charge in [-0.1, -0.05) is 6.07 Å². The predicted octanol–water partition coefficient (Wildman–Crippen LogP) is 1.57. The van der Waals surface area contributed by atoms with Crippen molar-refractivity contribution in [2.75, 3.05) is 12.3 Å². The van der Waals surface area contributed by atoms with Gasteiger partial charge in [-0.3, -0.25) is 4.79 Å². The summed E-state index contributed by atoms with van der Waals surface area (Å²) in [5.74, 6) is -2.97. The molecule has 0 aliphatic heterocycles. The number of carbonyl (C=O) groups is 1. The molecule has 2 rings (SSSR count). The minimum absolute atomic E-state index is 0.126. The maximum absolute atomic E-state index is 13.4. The van der Waals surface area contributed by atoms with Gasteiger partial charge in [0.15, 0.2) is 0 Å². The quantitative estimate of drug-likeness (QED) is 0.686. The first-order valence-corrected chi connectivity index (χ1v) is 6.06. The summed E-state index contributed by atoms with van der Waals surface area (Å²) in [7, 11) is 0. The SMILES string of the molecule is Nc1cc(C(=O)OCCn2ccccc2=O)c(F)cc1F. The van der Waals surface area contributed by atoms with Crippen LogP contribution in [0.2, 0.25) is 0 Å². The Hall–Kier alpha value is -2.70. The van der Waals surface area contributed by atoms with Crippen molar-refractivity contribution < 1.29 is 18.3 Å². The molecule has 1 aromatic heterocycles. The van der Waals surface area contributed by atoms with Crippen LogP contribution in [0.1, 0.15) is 10.4 Å². The zero-order valence-electron chi connectivity index (χ0n) is 10.9. The lowest BCUT2D eigenvalue weighted by atomic mass is 10.2. The summed E-state index contributed by atoms with van der Waals surface area (Å²) in [5, 5.41) is 0. The van der Waals surface area contributed by atoms with Crippen LogP contribution >= 0.6 is 0 Å². The van der Waals surface area contributed by atoms with Crippen LogP contribution in [-0.4, -0.2) is 17.1 Å². The number of nitrogen functional groups attached to an aromatic ring is 1. The van der Waals surface area contributed by atoms with Crippen LogP contribution in [0, 0.1) is 11.6 Å². The van der Waals surface area contributed by atoms with Crippen LogP contribution in [0.5, 0.6) is 0 Å². The number of hydrogen-bond acceptors (Lipinski definition) is 4. The second-order valence-corrected chi connectivity index (χ2v) is 4.22. The number of anilines is 1. The fraction of sp³-hybridized carbons (Fsp3) is 0.143. The van der Waals surface area contributed by atoms with Gasteiger partial charge in [-0.25, -0.2) is 13.6 Å². The fourth-order valence-corrected chi connectivity index (χ4v) is 1.68. The maximum Gasteiger partial charge on any atom is 0.341 e. The van der Waals surface area contributed by atoms with Gasteiger partial charge in [0.25, 0.3) is 5.56 Å². The van der Waals surface area contributed by atoms with Crippen LogP contribution in [0.15, 0.2) is 41.3 Å². The Bertz CT molecular complexity index is 728. The molecule has 2 aromatic rings. The number of rotatable bonds is 4. The van der Waals surface area contributed by atoms with Crippen molar-refractivity contribution in [1.29, 1.82) is 0 Å². The third-order valence-electron chi connectivity index (χ3n) is 2.77. The highest BCUT2D eigenvalue weighted by Crippen LogP contribution is 2.17. The molecule has 1 heterocycles. The summed E-state index contributed by atoms with van der Waals surface area (Å²) in [5.41, 5.74) is 4.23. The smallest absolute Gasteiger partial charge is 0.341 e. The van der Waals surface area contributed by atoms with Gasteiger partial charge in [0, 0.05) is 18.3 Å². The van der Waals surface area contributed by atoms with E-state index in [0.717, 1.165) is 6.07 Å². The number of nitrogens with zero attached hydrogens (tertiary/aromatic N) is 1. The molecule has 0 aliphatic rings. The molecular weight excluding hydrogens is 282 g/mol. The van der Waals surface area contributed by atoms with Crippen molar-refractivity contribution in [3.05, 3.63) is 64.1 Å². The van der Waals surface area contributed by atoms with Gasteiger partial charge >= 0.3 is 5.97 Å². The van der Waals surface area contributed by atoms with E-state index >= 15 is 0 Å². The summed E-state index contributed by atoms with van der Waals surface area (Å²) in [6, 6.07) is 6.00. The van der Waals surface area contributed by atoms with E-state index < -0.39 is 23.2 Å². The summed E-state index contributed by atoms with van der Waals surface area (Å²) < 4.78 is 32.6. The lowest BCUT2D eigenvalue weighted by Gasteiger charge is -2.08. The second-order valence-electron chi connectivity index (χ2n) is 4.22. The Labute approximate surface area is 118 Å². The van der Waals surface area contributed by atoms with E-state index in [0.29, 0.717) is 6.07 Å². The largest absolute Gasteiger partial charge is 0.460 e. The van der Waals surface area contributed by atoms with Crippen LogP contribution in [0.3, 0.4) is 0 Å². The maximum atomic E-state index is 13.4. The van der Waals surface area contributed by atoms with Gasteiger partial charge in [-0.2, -0.15) is 0 Å². The van der Waals surface area contributed by atoms with Crippen molar-refractivity contribution in [2.24, 2.45) is 0 Å². The Balaban J connectivity index is 2.01. The van der Waals surface area contributed by atoms with Gasteiger partial charge in [0.1, 0.15) is 18.2 Å². The first-order chi connectivity index (χ1) is 9.99. The normalized spacial score (nSPS) is 10.4. The molecule has 21 heavy (non-hydrogen) atoms. The molecule has 0 aliphatic carbocycles. The van der Waals surface area contributed by atoms with E-state index in [1.807, 2.05) is 0 Å². The zero-order chi connectivity index (χ0) is 15.4. The number of nitrogens with two attached hydrogens (primary N) is 1. The van der Waals surface area contributed by atoms with Gasteiger partial charge in [0.2, 0.25) is 0 Å². The molecule has 0 saturated carbocycles. The van der Waals surface area contributed by atoms with E-state index in [1.54, 1.807) is 12.1 Å². The molecule has 7 heteroatoms. The lowest BCUT2D eigenvalue weighted by Crippen LogP contribution is -2.21. The third-order valence-corrected chi connectivity index (χ3v) is 2.77. The topological polar surface area (TPSA) is 74.3 Å². The first-order valence-electron chi connectivity index (χ1n) is 6.06. The van der Waals surface area contributed by atoms with Crippen LogP contribution in [0.25, 0.3) is 0 Å². The van der Waals surface area contributed by atoms with Gasteiger partial charge in [-0.15, -0.1) is 0 Å². The average molecular weight is 294 g/mol. The van der Waals surface area contributed by atoms with Crippen molar-refractivity contribution in [3.8, 4) is 0 Å². The highest BCUT2D eigenvalue weighted by Gasteiger charge is 2.16. The minimum Gasteiger partial charge on any atom is -0.460 e. The summed E-state index contributed by atoms with van der Waals surface area (Å²) in [6.07, 6.45) is 1.53. The minimum atomic E-state index is -1.05. The molecule has 0 atom stereocenters. The third kappa shape index (κ3) is 3.44. The van der Waals surface area contributed by atoms with Crippen molar-refractivity contribution >= 4 is 11.7 Å². The molecule has 1 aromatic carbocycles. The van der Waals surface area contributed by atoms with Gasteiger partial charge < -0.3 is 15.0 Å². The number of hydrogen-bond donors (Lipinski definition) is 1. The van der Waals surface area contributed by atoms with Crippen LogP contribution in [0.4, 0.5) is 14.5 Å². The summed E-state index contributed by atoms with van der Waals surface area (Å²) >= 11 is 0. The van der Waals surface area contributed by atoms with Gasteiger partial charge in [-0.05, 0) is 12.1 Å². The van der Waals surface area contributed by atoms with Crippen molar-refractivity contribution in [1.82, 2.24) is 4.57 Å². The predicted molar refractivity (Wildman–Crippen MR) is 71.8 cm³/mol. The number of ether oxygens (including phenoxy) is 1. The highest BCUT2D eigenvalue weighted by atomic mass is 19.1. The average Bonchev–Trinajstić information content (AvgIpc) is 2.44. The lowest BCUT2D eigenvalue weighted by molar-refractivity contribution is 0.0485. The van der Waals surface area contributed by atoms with E-state index in [9.17, 15) is 18.4 Å². The fourth-order valence-electron chi connectivity index (χ4n) is 1.68. The molecular formula is C14H12F2N2O3. The second kappa shape index (κ2) is 6.17. The van der Waals surface area contributed by atoms with Gasteiger partial charge in [0.05, 0.1) is 17.8 Å². The molecule has 0 spiro atoms. The van der Waals surface area contributed by atoms with E-state index in [-0.39, 0.29) is 24.4 Å². The standard InChI is InChI=1S/C14H12F2N2O3/c15-10-8-11(16)12(17)7-9(10)14(20)21-6-5-18-4-2-1-3-13(18)19/h1-4,7-8H,5-6,17H2. The van der Waals surface area contributed by atoms with Crippen LogP contribution < -0.4 is 11.3 Å². The Morgan fingerprint density at radius 3 is 2.71 bits per heavy atom. The first kappa shape index (κ1) is 14.7. The molecule has 0 radical (unpaired) electrons. The molecule has 5 nitrogen and oxygen atoms in total. The number of benzene rings is 1. The molecule has 0 bridgehead atoms. The number of esters is 1. The number of carbonyl (C=O) groups excluding carboxylic acids is 1. The van der Waals surface area contributed by atoms with E-state index in [2.05, 4.69) is 0 Å². The number of halogens is 2. The molecule has 0 saturated heterocycles. The van der Waals surface area contributed by atoms with Crippen LogP contribution in [-0.2, 0) is 11.3 Å². The monoisotopic (exact) mass is 294 g/mol. The molecule has 2 N–H and O–H groups in total. The number of pyridine rings is 1. The Kier molecular flexibility index (Phi) is 4.32. The molecule has 0 unspecified atom stereocenters. The summed E-state index contributed by atoms with van der Waals surface area (Å²) in [6.45, 7) is 0.00316. The van der Waals surface area contributed by atoms with Crippen molar-refractivity contribution in [2.45, 2.75) is 6.54 Å².